The third kappa shape index (κ3) is 2.39. The predicted octanol–water partition coefficient (Wildman–Crippen LogP) is 6.36. The van der Waals surface area contributed by atoms with Crippen LogP contribution in [0.2, 0.25) is 0 Å². The van der Waals surface area contributed by atoms with Gasteiger partial charge >= 0.3 is 0 Å². The molecule has 5 rings (SSSR count). The number of aromatic nitrogens is 1. The van der Waals surface area contributed by atoms with E-state index in [1.807, 2.05) is 60.7 Å². The summed E-state index contributed by atoms with van der Waals surface area (Å²) in [6.45, 7) is 0. The predicted molar refractivity (Wildman–Crippen MR) is 113 cm³/mol. The molecular formula is C24H16N2O2. The van der Waals surface area contributed by atoms with Crippen molar-refractivity contribution in [3.05, 3.63) is 107 Å². The third-order valence-electron chi connectivity index (χ3n) is 5.12. The number of benzene rings is 4. The van der Waals surface area contributed by atoms with Gasteiger partial charge in [0.05, 0.1) is 27.2 Å². The van der Waals surface area contributed by atoms with Gasteiger partial charge in [0, 0.05) is 22.4 Å². The van der Waals surface area contributed by atoms with Gasteiger partial charge in [-0.15, -0.1) is 0 Å². The number of nitrogens with zero attached hydrogens (tertiary/aromatic N) is 2. The van der Waals surface area contributed by atoms with Crippen LogP contribution in [0, 0.1) is 10.1 Å². The summed E-state index contributed by atoms with van der Waals surface area (Å²) in [6.07, 6.45) is 0. The zero-order valence-electron chi connectivity index (χ0n) is 14.9. The highest BCUT2D eigenvalue weighted by Gasteiger charge is 2.19. The Morgan fingerprint density at radius 3 is 1.75 bits per heavy atom. The van der Waals surface area contributed by atoms with E-state index in [2.05, 4.69) is 28.8 Å². The number of rotatable bonds is 3. The van der Waals surface area contributed by atoms with Crippen molar-refractivity contribution in [3.8, 4) is 16.8 Å². The van der Waals surface area contributed by atoms with Crippen LogP contribution in [-0.2, 0) is 0 Å². The van der Waals surface area contributed by atoms with Crippen LogP contribution in [0.1, 0.15) is 0 Å². The summed E-state index contributed by atoms with van der Waals surface area (Å²) < 4.78 is 2.19. The summed E-state index contributed by atoms with van der Waals surface area (Å²) in [5, 5.41) is 13.9. The Balaban J connectivity index is 1.90. The van der Waals surface area contributed by atoms with E-state index >= 15 is 0 Å². The molecule has 0 aliphatic heterocycles. The fourth-order valence-electron chi connectivity index (χ4n) is 3.94. The van der Waals surface area contributed by atoms with E-state index in [1.54, 1.807) is 12.1 Å². The van der Waals surface area contributed by atoms with Gasteiger partial charge < -0.3 is 4.57 Å². The van der Waals surface area contributed by atoms with Crippen LogP contribution < -0.4 is 0 Å². The summed E-state index contributed by atoms with van der Waals surface area (Å²) in [7, 11) is 0. The van der Waals surface area contributed by atoms with Crippen LogP contribution in [0.25, 0.3) is 38.6 Å². The fraction of sp³-hybridized carbons (Fsp3) is 0. The van der Waals surface area contributed by atoms with Crippen molar-refractivity contribution in [3.63, 3.8) is 0 Å². The normalized spacial score (nSPS) is 11.1. The maximum Gasteiger partial charge on any atom is 0.277 e. The fourth-order valence-corrected chi connectivity index (χ4v) is 3.94. The lowest BCUT2D eigenvalue weighted by molar-refractivity contribution is -0.384. The molecule has 0 fully saturated rings. The van der Waals surface area contributed by atoms with E-state index in [-0.39, 0.29) is 10.6 Å². The van der Waals surface area contributed by atoms with Crippen molar-refractivity contribution in [2.24, 2.45) is 0 Å². The van der Waals surface area contributed by atoms with Crippen LogP contribution >= 0.6 is 0 Å². The van der Waals surface area contributed by atoms with Gasteiger partial charge in [0.15, 0.2) is 0 Å². The van der Waals surface area contributed by atoms with E-state index in [0.717, 1.165) is 33.1 Å². The van der Waals surface area contributed by atoms with Crippen molar-refractivity contribution in [1.82, 2.24) is 4.57 Å². The molecule has 1 heterocycles. The highest BCUT2D eigenvalue weighted by atomic mass is 16.6. The largest absolute Gasteiger partial charge is 0.309 e. The highest BCUT2D eigenvalue weighted by Crippen LogP contribution is 2.38. The second-order valence-electron chi connectivity index (χ2n) is 6.66. The second-order valence-corrected chi connectivity index (χ2v) is 6.66. The second kappa shape index (κ2) is 6.35. The topological polar surface area (TPSA) is 48.1 Å². The van der Waals surface area contributed by atoms with Crippen LogP contribution in [0.3, 0.4) is 0 Å². The number of hydrogen-bond acceptors (Lipinski definition) is 2. The summed E-state index contributed by atoms with van der Waals surface area (Å²) >= 11 is 0. The van der Waals surface area contributed by atoms with Crippen molar-refractivity contribution >= 4 is 27.5 Å². The standard InChI is InChI=1S/C24H16N2O2/c27-26(28)24-16-8-4-12-20(24)19-11-3-7-15-23(19)25-21-13-5-1-9-17(21)18-10-2-6-14-22(18)25/h1-16H. The molecule has 28 heavy (non-hydrogen) atoms. The lowest BCUT2D eigenvalue weighted by Crippen LogP contribution is -1.99. The van der Waals surface area contributed by atoms with Gasteiger partial charge in [0.2, 0.25) is 0 Å². The Bertz CT molecular complexity index is 1300. The lowest BCUT2D eigenvalue weighted by atomic mass is 10.0. The molecule has 0 spiro atoms. The molecule has 0 radical (unpaired) electrons. The van der Waals surface area contributed by atoms with Crippen molar-refractivity contribution in [1.29, 1.82) is 0 Å². The third-order valence-corrected chi connectivity index (χ3v) is 5.12. The van der Waals surface area contributed by atoms with Crippen LogP contribution in [0.15, 0.2) is 97.1 Å². The molecule has 4 heteroatoms. The van der Waals surface area contributed by atoms with Gasteiger partial charge in [-0.3, -0.25) is 10.1 Å². The average Bonchev–Trinajstić information content (AvgIpc) is 3.08. The van der Waals surface area contributed by atoms with Crippen LogP contribution in [-0.4, -0.2) is 9.49 Å². The average molecular weight is 364 g/mol. The molecule has 0 aliphatic carbocycles. The molecule has 134 valence electrons. The number of hydrogen-bond donors (Lipinski definition) is 0. The Labute approximate surface area is 161 Å². The lowest BCUT2D eigenvalue weighted by Gasteiger charge is -2.14. The first-order valence-electron chi connectivity index (χ1n) is 9.07. The van der Waals surface area contributed by atoms with E-state index < -0.39 is 0 Å². The molecular weight excluding hydrogens is 348 g/mol. The van der Waals surface area contributed by atoms with Crippen LogP contribution in [0.5, 0.6) is 0 Å². The molecule has 4 nitrogen and oxygen atoms in total. The number of nitro benzene ring substituents is 1. The molecule has 5 aromatic rings. The quantitative estimate of drug-likeness (QED) is 0.276. The Morgan fingerprint density at radius 1 is 0.607 bits per heavy atom. The highest BCUT2D eigenvalue weighted by molar-refractivity contribution is 6.09. The van der Waals surface area contributed by atoms with Gasteiger partial charge in [-0.25, -0.2) is 0 Å². The maximum absolute atomic E-state index is 11.6. The molecule has 0 unspecified atom stereocenters. The number of fused-ring (bicyclic) bond motifs is 3. The molecule has 0 amide bonds. The van der Waals surface area contributed by atoms with E-state index in [0.29, 0.717) is 5.56 Å². The van der Waals surface area contributed by atoms with Gasteiger partial charge in [-0.05, 0) is 24.3 Å². The zero-order valence-corrected chi connectivity index (χ0v) is 14.9. The summed E-state index contributed by atoms with van der Waals surface area (Å²) in [5.41, 5.74) is 4.64. The molecule has 0 atom stereocenters. The Hall–Kier alpha value is -3.92. The van der Waals surface area contributed by atoms with E-state index in [4.69, 9.17) is 0 Å². The molecule has 0 saturated carbocycles. The van der Waals surface area contributed by atoms with Gasteiger partial charge in [-0.2, -0.15) is 0 Å². The zero-order chi connectivity index (χ0) is 19.1. The van der Waals surface area contributed by atoms with E-state index in [1.165, 1.54) is 0 Å². The molecule has 0 N–H and O–H groups in total. The minimum absolute atomic E-state index is 0.107. The summed E-state index contributed by atoms with van der Waals surface area (Å²) in [5.74, 6) is 0. The van der Waals surface area contributed by atoms with E-state index in [9.17, 15) is 10.1 Å². The molecule has 0 aliphatic rings. The van der Waals surface area contributed by atoms with Crippen LogP contribution in [0.4, 0.5) is 5.69 Å². The summed E-state index contributed by atoms with van der Waals surface area (Å²) in [4.78, 5) is 11.3. The smallest absolute Gasteiger partial charge is 0.277 e. The number of nitro groups is 1. The monoisotopic (exact) mass is 364 g/mol. The first-order chi connectivity index (χ1) is 13.8. The first-order valence-corrected chi connectivity index (χ1v) is 9.07. The van der Waals surface area contributed by atoms with Crippen molar-refractivity contribution in [2.75, 3.05) is 0 Å². The minimum atomic E-state index is -0.321. The Kier molecular flexibility index (Phi) is 3.69. The first kappa shape index (κ1) is 16.3. The molecule has 0 bridgehead atoms. The Morgan fingerprint density at radius 2 is 1.11 bits per heavy atom. The maximum atomic E-state index is 11.6. The van der Waals surface area contributed by atoms with Gasteiger partial charge in [0.1, 0.15) is 0 Å². The molecule has 1 aromatic heterocycles. The van der Waals surface area contributed by atoms with Crippen molar-refractivity contribution < 1.29 is 4.92 Å². The molecule has 0 saturated heterocycles. The molecule has 4 aromatic carbocycles. The summed E-state index contributed by atoms with van der Waals surface area (Å²) in [6, 6.07) is 31.3. The number of para-hydroxylation sites is 4. The SMILES string of the molecule is O=[N+]([O-])c1ccccc1-c1ccccc1-n1c2ccccc2c2ccccc21. The van der Waals surface area contributed by atoms with Gasteiger partial charge in [0.25, 0.3) is 5.69 Å². The van der Waals surface area contributed by atoms with Gasteiger partial charge in [-0.1, -0.05) is 66.7 Å². The van der Waals surface area contributed by atoms with Crippen molar-refractivity contribution in [2.45, 2.75) is 0 Å². The minimum Gasteiger partial charge on any atom is -0.309 e.